The Balaban J connectivity index is 0.000000136. The SMILES string of the molecule is c1ccc(-c2ccc3cc(-c4nc(-c5ccccc5)nc5c4oc4ccc(-c6ccc(-n7c8ccccc8c8ccccc87)cc6)cc45)ccc3c2)cc1.c1ccc(-c2nc(-c3ccc4c(ccc5ccccc54)c3)c3oc4ccc(-c5cccc(-n6c7ccccc7c7ccccc76)c5)cc4c3n2)cc1. The van der Waals surface area contributed by atoms with E-state index in [-0.39, 0.29) is 0 Å². The topological polar surface area (TPSA) is 87.7 Å². The molecule has 0 spiro atoms. The monoisotopic (exact) mass is 1350 g/mol. The third kappa shape index (κ3) is 10.2. The van der Waals surface area contributed by atoms with Crippen LogP contribution in [0.15, 0.2) is 373 Å². The smallest absolute Gasteiger partial charge is 0.180 e. The van der Waals surface area contributed by atoms with Crippen LogP contribution in [0.25, 0.3) is 210 Å². The average molecular weight is 1350 g/mol. The molecule has 22 rings (SSSR count). The van der Waals surface area contributed by atoms with E-state index in [0.29, 0.717) is 22.8 Å². The Bertz CT molecular complexity index is 7150. The van der Waals surface area contributed by atoms with Crippen molar-refractivity contribution in [3.8, 4) is 90.0 Å². The van der Waals surface area contributed by atoms with Crippen molar-refractivity contribution in [2.75, 3.05) is 0 Å². The Morgan fingerprint density at radius 2 is 0.557 bits per heavy atom. The van der Waals surface area contributed by atoms with E-state index in [0.717, 1.165) is 111 Å². The predicted octanol–water partition coefficient (Wildman–Crippen LogP) is 26.1. The van der Waals surface area contributed by atoms with Gasteiger partial charge in [0.1, 0.15) is 33.6 Å². The van der Waals surface area contributed by atoms with E-state index in [1.165, 1.54) is 76.3 Å². The van der Waals surface area contributed by atoms with Gasteiger partial charge < -0.3 is 18.0 Å². The fraction of sp³-hybridized carbons (Fsp3) is 0. The lowest BCUT2D eigenvalue weighted by Gasteiger charge is -2.10. The maximum atomic E-state index is 6.65. The van der Waals surface area contributed by atoms with E-state index in [1.54, 1.807) is 0 Å². The van der Waals surface area contributed by atoms with Gasteiger partial charge in [-0.1, -0.05) is 273 Å². The third-order valence-corrected chi connectivity index (χ3v) is 21.0. The summed E-state index contributed by atoms with van der Waals surface area (Å²) in [5.74, 6) is 1.34. The van der Waals surface area contributed by atoms with Gasteiger partial charge in [0, 0.05) is 65.9 Å². The summed E-state index contributed by atoms with van der Waals surface area (Å²) in [6.45, 7) is 0. The van der Waals surface area contributed by atoms with Gasteiger partial charge >= 0.3 is 0 Å². The minimum absolute atomic E-state index is 0.668. The van der Waals surface area contributed by atoms with Gasteiger partial charge in [-0.25, -0.2) is 19.9 Å². The van der Waals surface area contributed by atoms with Gasteiger partial charge in [-0.3, -0.25) is 0 Å². The van der Waals surface area contributed by atoms with Crippen molar-refractivity contribution in [3.05, 3.63) is 364 Å². The first-order valence-corrected chi connectivity index (χ1v) is 35.8. The molecule has 8 nitrogen and oxygen atoms in total. The van der Waals surface area contributed by atoms with Gasteiger partial charge in [-0.05, 0) is 157 Å². The first-order chi connectivity index (χ1) is 52.5. The van der Waals surface area contributed by atoms with Crippen LogP contribution in [-0.4, -0.2) is 29.1 Å². The molecule has 0 aliphatic carbocycles. The molecule has 0 radical (unpaired) electrons. The van der Waals surface area contributed by atoms with Crippen LogP contribution in [0.2, 0.25) is 0 Å². The van der Waals surface area contributed by atoms with E-state index in [2.05, 4.69) is 331 Å². The van der Waals surface area contributed by atoms with E-state index in [1.807, 2.05) is 42.5 Å². The Hall–Kier alpha value is -14.3. The fourth-order valence-electron chi connectivity index (χ4n) is 15.9. The Morgan fingerprint density at radius 3 is 1.10 bits per heavy atom. The molecule has 0 aliphatic heterocycles. The average Bonchev–Trinajstić information content (AvgIpc) is 1.61. The molecular weight excluding hydrogens is 1290 g/mol. The summed E-state index contributed by atoms with van der Waals surface area (Å²) < 4.78 is 18.0. The number of furan rings is 2. The number of rotatable bonds is 9. The highest BCUT2D eigenvalue weighted by Crippen LogP contribution is 2.43. The molecule has 0 saturated carbocycles. The summed E-state index contributed by atoms with van der Waals surface area (Å²) >= 11 is 0. The number of aromatic nitrogens is 6. The second kappa shape index (κ2) is 24.7. The Morgan fingerprint density at radius 1 is 0.198 bits per heavy atom. The minimum atomic E-state index is 0.668. The Labute approximate surface area is 608 Å². The number of benzene rings is 16. The molecule has 6 aromatic heterocycles. The van der Waals surface area contributed by atoms with Crippen LogP contribution < -0.4 is 0 Å². The molecule has 0 fully saturated rings. The highest BCUT2D eigenvalue weighted by Gasteiger charge is 2.23. The maximum Gasteiger partial charge on any atom is 0.180 e. The van der Waals surface area contributed by atoms with Gasteiger partial charge in [0.25, 0.3) is 0 Å². The van der Waals surface area contributed by atoms with Crippen molar-refractivity contribution < 1.29 is 8.83 Å². The molecule has 16 aromatic carbocycles. The molecule has 22 aromatic rings. The number of hydrogen-bond acceptors (Lipinski definition) is 6. The zero-order chi connectivity index (χ0) is 69.8. The predicted molar refractivity (Wildman–Crippen MR) is 438 cm³/mol. The lowest BCUT2D eigenvalue weighted by atomic mass is 9.98. The number of hydrogen-bond donors (Lipinski definition) is 0. The first-order valence-electron chi connectivity index (χ1n) is 35.8. The van der Waals surface area contributed by atoms with Crippen molar-refractivity contribution in [1.29, 1.82) is 0 Å². The molecular formula is C98H60N6O2. The van der Waals surface area contributed by atoms with Gasteiger partial charge in [-0.2, -0.15) is 0 Å². The Kier molecular flexibility index (Phi) is 14.1. The van der Waals surface area contributed by atoms with Crippen LogP contribution in [0, 0.1) is 0 Å². The van der Waals surface area contributed by atoms with Crippen LogP contribution in [-0.2, 0) is 0 Å². The largest absolute Gasteiger partial charge is 0.452 e. The lowest BCUT2D eigenvalue weighted by molar-refractivity contribution is 0.667. The number of nitrogens with zero attached hydrogens (tertiary/aromatic N) is 6. The van der Waals surface area contributed by atoms with E-state index < -0.39 is 0 Å². The van der Waals surface area contributed by atoms with Gasteiger partial charge in [0.05, 0.1) is 22.1 Å². The quantitative estimate of drug-likeness (QED) is 0.134. The second-order valence-corrected chi connectivity index (χ2v) is 27.2. The van der Waals surface area contributed by atoms with Crippen LogP contribution >= 0.6 is 0 Å². The highest BCUT2D eigenvalue weighted by atomic mass is 16.3. The van der Waals surface area contributed by atoms with Crippen molar-refractivity contribution in [1.82, 2.24) is 29.1 Å². The first kappa shape index (κ1) is 60.4. The van der Waals surface area contributed by atoms with Gasteiger partial charge in [0.2, 0.25) is 0 Å². The fourth-order valence-corrected chi connectivity index (χ4v) is 15.9. The maximum absolute atomic E-state index is 6.65. The molecule has 0 unspecified atom stereocenters. The molecule has 494 valence electrons. The van der Waals surface area contributed by atoms with Crippen molar-refractivity contribution >= 4 is 120 Å². The van der Waals surface area contributed by atoms with E-state index >= 15 is 0 Å². The number of fused-ring (bicyclic) bond motifs is 16. The van der Waals surface area contributed by atoms with Crippen molar-refractivity contribution in [2.45, 2.75) is 0 Å². The van der Waals surface area contributed by atoms with Gasteiger partial charge in [0.15, 0.2) is 22.8 Å². The zero-order valence-electron chi connectivity index (χ0n) is 57.1. The standard InChI is InChI=1S/C50H31N3O.C48H29N3O/c1-3-11-32(12-4-1)35-19-20-37-30-39(22-21-36(37)29-35)47-49-48(52-50(51-47)34-13-5-2-6-14-34)43-31-38(25-28-46(43)54-49)33-23-26-40(27-24-33)53-44-17-9-7-15-41(44)42-16-8-10-18-45(42)53;1-2-12-31(13-3-1)48-49-45(35-23-25-38-34(27-35)22-21-30-11-4-5-16-37(30)38)47-46(50-48)41-29-33(24-26-44(41)52-47)32-14-10-15-36(28-32)51-42-19-8-6-17-39(42)40-18-7-9-20-43(40)51/h1-31H;1-29H. The highest BCUT2D eigenvalue weighted by molar-refractivity contribution is 6.14. The van der Waals surface area contributed by atoms with E-state index in [9.17, 15) is 0 Å². The van der Waals surface area contributed by atoms with E-state index in [4.69, 9.17) is 28.8 Å². The molecule has 6 heterocycles. The summed E-state index contributed by atoms with van der Waals surface area (Å²) in [5.41, 5.74) is 23.9. The van der Waals surface area contributed by atoms with Gasteiger partial charge in [-0.15, -0.1) is 0 Å². The lowest BCUT2D eigenvalue weighted by Crippen LogP contribution is -1.94. The summed E-state index contributed by atoms with van der Waals surface area (Å²) in [7, 11) is 0. The zero-order valence-corrected chi connectivity index (χ0v) is 57.1. The molecule has 8 heteroatoms. The summed E-state index contributed by atoms with van der Waals surface area (Å²) in [4.78, 5) is 20.7. The molecule has 106 heavy (non-hydrogen) atoms. The normalized spacial score (nSPS) is 11.8. The van der Waals surface area contributed by atoms with Crippen LogP contribution in [0.1, 0.15) is 0 Å². The van der Waals surface area contributed by atoms with Crippen LogP contribution in [0.4, 0.5) is 0 Å². The summed E-state index contributed by atoms with van der Waals surface area (Å²) in [5, 5.41) is 14.1. The van der Waals surface area contributed by atoms with Crippen molar-refractivity contribution in [2.24, 2.45) is 0 Å². The molecule has 0 saturated heterocycles. The summed E-state index contributed by atoms with van der Waals surface area (Å²) in [6, 6.07) is 128. The molecule has 0 amide bonds. The molecule has 0 atom stereocenters. The van der Waals surface area contributed by atoms with Crippen molar-refractivity contribution in [3.63, 3.8) is 0 Å². The number of para-hydroxylation sites is 4. The van der Waals surface area contributed by atoms with Crippen LogP contribution in [0.3, 0.4) is 0 Å². The molecule has 0 N–H and O–H groups in total. The second-order valence-electron chi connectivity index (χ2n) is 27.2. The molecule has 0 bridgehead atoms. The van der Waals surface area contributed by atoms with Crippen LogP contribution in [0.5, 0.6) is 0 Å². The molecule has 0 aliphatic rings. The minimum Gasteiger partial charge on any atom is -0.452 e. The third-order valence-electron chi connectivity index (χ3n) is 21.0. The summed E-state index contributed by atoms with van der Waals surface area (Å²) in [6.07, 6.45) is 0.